The van der Waals surface area contributed by atoms with Crippen molar-refractivity contribution in [3.63, 3.8) is 0 Å². The van der Waals surface area contributed by atoms with Crippen LogP contribution in [0.1, 0.15) is 25.7 Å². The Kier molecular flexibility index (Phi) is 6.64. The first-order chi connectivity index (χ1) is 7.33. The summed E-state index contributed by atoms with van der Waals surface area (Å²) < 4.78 is 5.68. The summed E-state index contributed by atoms with van der Waals surface area (Å²) >= 11 is 2.00. The molecule has 0 aromatic carbocycles. The first-order valence-electron chi connectivity index (χ1n) is 5.77. The summed E-state index contributed by atoms with van der Waals surface area (Å²) in [5.74, 6) is 0. The predicted octanol–water partition coefficient (Wildman–Crippen LogP) is 1.26. The summed E-state index contributed by atoms with van der Waals surface area (Å²) in [7, 11) is 0. The van der Waals surface area contributed by atoms with Crippen molar-refractivity contribution in [2.45, 2.75) is 30.4 Å². The van der Waals surface area contributed by atoms with Gasteiger partial charge in [-0.3, -0.25) is 0 Å². The van der Waals surface area contributed by atoms with Crippen molar-refractivity contribution in [1.29, 1.82) is 0 Å². The van der Waals surface area contributed by atoms with Gasteiger partial charge in [0.1, 0.15) is 0 Å². The third-order valence-electron chi connectivity index (χ3n) is 3.05. The Morgan fingerprint density at radius 2 is 2.07 bits per heavy atom. The van der Waals surface area contributed by atoms with E-state index in [4.69, 9.17) is 9.84 Å². The van der Waals surface area contributed by atoms with E-state index in [0.717, 1.165) is 13.1 Å². The van der Waals surface area contributed by atoms with Crippen molar-refractivity contribution in [3.05, 3.63) is 0 Å². The van der Waals surface area contributed by atoms with E-state index in [1.165, 1.54) is 25.7 Å². The van der Waals surface area contributed by atoms with E-state index in [1.807, 2.05) is 11.8 Å². The van der Waals surface area contributed by atoms with Gasteiger partial charge in [-0.2, -0.15) is 11.8 Å². The number of rotatable bonds is 8. The van der Waals surface area contributed by atoms with E-state index in [2.05, 4.69) is 11.6 Å². The van der Waals surface area contributed by atoms with Gasteiger partial charge < -0.3 is 15.2 Å². The molecule has 3 nitrogen and oxygen atoms in total. The molecule has 1 aliphatic carbocycles. The van der Waals surface area contributed by atoms with Crippen molar-refractivity contribution < 1.29 is 9.84 Å². The lowest BCUT2D eigenvalue weighted by Crippen LogP contribution is -2.36. The van der Waals surface area contributed by atoms with Gasteiger partial charge >= 0.3 is 0 Å². The average molecular weight is 233 g/mol. The van der Waals surface area contributed by atoms with Crippen molar-refractivity contribution in [2.75, 3.05) is 39.2 Å². The highest BCUT2D eigenvalue weighted by molar-refractivity contribution is 8.00. The maximum absolute atomic E-state index is 8.53. The number of nitrogens with one attached hydrogen (secondary N) is 1. The molecule has 0 saturated heterocycles. The molecule has 1 rings (SSSR count). The molecule has 0 spiro atoms. The van der Waals surface area contributed by atoms with Crippen LogP contribution < -0.4 is 5.32 Å². The molecule has 0 radical (unpaired) electrons. The Labute approximate surface area is 97.0 Å². The van der Waals surface area contributed by atoms with Crippen molar-refractivity contribution >= 4 is 11.8 Å². The summed E-state index contributed by atoms with van der Waals surface area (Å²) in [6.07, 6.45) is 7.67. The number of thioether (sulfide) groups is 1. The van der Waals surface area contributed by atoms with Crippen LogP contribution in [0.5, 0.6) is 0 Å². The van der Waals surface area contributed by atoms with Crippen LogP contribution in [0, 0.1) is 0 Å². The molecule has 90 valence electrons. The topological polar surface area (TPSA) is 41.5 Å². The van der Waals surface area contributed by atoms with Gasteiger partial charge in [-0.05, 0) is 19.1 Å². The first kappa shape index (κ1) is 13.3. The highest BCUT2D eigenvalue weighted by Gasteiger charge is 2.32. The largest absolute Gasteiger partial charge is 0.394 e. The molecule has 0 heterocycles. The smallest absolute Gasteiger partial charge is 0.0698 e. The summed E-state index contributed by atoms with van der Waals surface area (Å²) in [5.41, 5.74) is 0. The van der Waals surface area contributed by atoms with Crippen LogP contribution in [-0.2, 0) is 4.74 Å². The number of hydrogen-bond donors (Lipinski definition) is 2. The Morgan fingerprint density at radius 1 is 1.33 bits per heavy atom. The molecule has 0 bridgehead atoms. The van der Waals surface area contributed by atoms with Crippen LogP contribution in [0.3, 0.4) is 0 Å². The van der Waals surface area contributed by atoms with Crippen molar-refractivity contribution in [3.8, 4) is 0 Å². The van der Waals surface area contributed by atoms with E-state index in [-0.39, 0.29) is 6.61 Å². The van der Waals surface area contributed by atoms with Crippen LogP contribution >= 0.6 is 11.8 Å². The second kappa shape index (κ2) is 7.49. The van der Waals surface area contributed by atoms with E-state index < -0.39 is 0 Å². The number of aliphatic hydroxyl groups is 1. The van der Waals surface area contributed by atoms with Gasteiger partial charge in [0.2, 0.25) is 0 Å². The van der Waals surface area contributed by atoms with Gasteiger partial charge in [-0.25, -0.2) is 0 Å². The second-order valence-corrected chi connectivity index (χ2v) is 5.38. The molecule has 0 aliphatic heterocycles. The van der Waals surface area contributed by atoms with Crippen molar-refractivity contribution in [2.24, 2.45) is 0 Å². The van der Waals surface area contributed by atoms with Crippen molar-refractivity contribution in [1.82, 2.24) is 5.32 Å². The summed E-state index contributed by atoms with van der Waals surface area (Å²) in [4.78, 5) is 0. The molecular formula is C11H23NO2S. The summed E-state index contributed by atoms with van der Waals surface area (Å²) in [6, 6.07) is 0. The van der Waals surface area contributed by atoms with Crippen LogP contribution in [0.4, 0.5) is 0 Å². The fourth-order valence-electron chi connectivity index (χ4n) is 2.10. The fraction of sp³-hybridized carbons (Fsp3) is 1.00. The highest BCUT2D eigenvalue weighted by Crippen LogP contribution is 2.39. The van der Waals surface area contributed by atoms with E-state index in [0.29, 0.717) is 18.0 Å². The molecule has 0 atom stereocenters. The quantitative estimate of drug-likeness (QED) is 0.619. The van der Waals surface area contributed by atoms with Crippen LogP contribution in [0.15, 0.2) is 0 Å². The Morgan fingerprint density at radius 3 is 2.67 bits per heavy atom. The molecule has 0 unspecified atom stereocenters. The molecule has 0 aromatic heterocycles. The van der Waals surface area contributed by atoms with E-state index in [9.17, 15) is 0 Å². The van der Waals surface area contributed by atoms with E-state index >= 15 is 0 Å². The lowest BCUT2D eigenvalue weighted by molar-refractivity contribution is 0.0937. The molecular weight excluding hydrogens is 210 g/mol. The number of hydrogen-bond acceptors (Lipinski definition) is 4. The normalized spacial score (nSPS) is 19.6. The minimum Gasteiger partial charge on any atom is -0.394 e. The number of ether oxygens (including phenoxy) is 1. The lowest BCUT2D eigenvalue weighted by atomic mass is 10.1. The van der Waals surface area contributed by atoms with Gasteiger partial charge in [0.15, 0.2) is 0 Å². The molecule has 15 heavy (non-hydrogen) atoms. The summed E-state index contributed by atoms with van der Waals surface area (Å²) in [6.45, 7) is 3.26. The Hall–Kier alpha value is 0.230. The standard InChI is InChI=1S/C11H23NO2S/c1-15-11(4-2-3-5-11)10-12-6-8-14-9-7-13/h12-13H,2-10H2,1H3. The van der Waals surface area contributed by atoms with Gasteiger partial charge in [-0.1, -0.05) is 12.8 Å². The van der Waals surface area contributed by atoms with Gasteiger partial charge in [0, 0.05) is 17.8 Å². The summed E-state index contributed by atoms with van der Waals surface area (Å²) in [5, 5.41) is 12.0. The van der Waals surface area contributed by atoms with Gasteiger partial charge in [-0.15, -0.1) is 0 Å². The zero-order chi connectivity index (χ0) is 11.0. The highest BCUT2D eigenvalue weighted by atomic mass is 32.2. The van der Waals surface area contributed by atoms with Crippen LogP contribution in [0.2, 0.25) is 0 Å². The molecule has 0 amide bonds. The molecule has 4 heteroatoms. The second-order valence-electron chi connectivity index (χ2n) is 4.11. The Balaban J connectivity index is 2.02. The van der Waals surface area contributed by atoms with Crippen LogP contribution in [-0.4, -0.2) is 49.0 Å². The molecule has 1 aliphatic rings. The lowest BCUT2D eigenvalue weighted by Gasteiger charge is -2.27. The first-order valence-corrected chi connectivity index (χ1v) is 7.00. The predicted molar refractivity (Wildman–Crippen MR) is 65.5 cm³/mol. The van der Waals surface area contributed by atoms with Crippen LogP contribution in [0.25, 0.3) is 0 Å². The zero-order valence-corrected chi connectivity index (χ0v) is 10.4. The van der Waals surface area contributed by atoms with E-state index in [1.54, 1.807) is 0 Å². The fourth-order valence-corrected chi connectivity index (χ4v) is 3.04. The SMILES string of the molecule is CSC1(CNCCOCCO)CCCC1. The average Bonchev–Trinajstić information content (AvgIpc) is 2.73. The molecule has 2 N–H and O–H groups in total. The molecule has 1 fully saturated rings. The minimum atomic E-state index is 0.120. The number of aliphatic hydroxyl groups excluding tert-OH is 1. The zero-order valence-electron chi connectivity index (χ0n) is 9.63. The molecule has 0 aromatic rings. The maximum Gasteiger partial charge on any atom is 0.0698 e. The monoisotopic (exact) mass is 233 g/mol. The third kappa shape index (κ3) is 4.72. The maximum atomic E-state index is 8.53. The Bertz CT molecular complexity index is 161. The molecule has 1 saturated carbocycles. The van der Waals surface area contributed by atoms with Gasteiger partial charge in [0.25, 0.3) is 0 Å². The van der Waals surface area contributed by atoms with Gasteiger partial charge in [0.05, 0.1) is 19.8 Å². The third-order valence-corrected chi connectivity index (χ3v) is 4.47. The minimum absolute atomic E-state index is 0.120.